The maximum Gasteiger partial charge on any atom is 0.308 e. The molecule has 0 amide bonds. The van der Waals surface area contributed by atoms with Crippen molar-refractivity contribution in [3.8, 4) is 0 Å². The zero-order chi connectivity index (χ0) is 11.1. The zero-order valence-electron chi connectivity index (χ0n) is 9.79. The van der Waals surface area contributed by atoms with Crippen LogP contribution >= 0.6 is 0 Å². The number of rotatable bonds is 3. The highest BCUT2D eigenvalue weighted by Gasteiger charge is 2.56. The van der Waals surface area contributed by atoms with Crippen LogP contribution < -0.4 is 0 Å². The van der Waals surface area contributed by atoms with Crippen molar-refractivity contribution in [2.24, 2.45) is 5.92 Å². The summed E-state index contributed by atoms with van der Waals surface area (Å²) in [6, 6.07) is 0. The molecule has 0 bridgehead atoms. The molecule has 0 aromatic heterocycles. The molecule has 86 valence electrons. The molecule has 2 fully saturated rings. The fraction of sp³-hybridized carbons (Fsp3) is 0.917. The summed E-state index contributed by atoms with van der Waals surface area (Å²) < 4.78 is 11.1. The number of epoxide rings is 1. The van der Waals surface area contributed by atoms with Gasteiger partial charge in [-0.2, -0.15) is 0 Å². The summed E-state index contributed by atoms with van der Waals surface area (Å²) in [4.78, 5) is 11.6. The number of esters is 1. The highest BCUT2D eigenvalue weighted by atomic mass is 16.6. The monoisotopic (exact) mass is 212 g/mol. The van der Waals surface area contributed by atoms with E-state index in [2.05, 4.69) is 6.92 Å². The van der Waals surface area contributed by atoms with Gasteiger partial charge in [0.25, 0.3) is 0 Å². The number of hydrogen-bond acceptors (Lipinski definition) is 3. The van der Waals surface area contributed by atoms with Crippen LogP contribution in [-0.4, -0.2) is 23.8 Å². The molecule has 4 unspecified atom stereocenters. The van der Waals surface area contributed by atoms with E-state index in [0.717, 1.165) is 25.7 Å². The van der Waals surface area contributed by atoms with E-state index < -0.39 is 0 Å². The van der Waals surface area contributed by atoms with Crippen molar-refractivity contribution in [2.75, 3.05) is 0 Å². The molecule has 1 aliphatic carbocycles. The first-order chi connectivity index (χ1) is 7.05. The second kappa shape index (κ2) is 3.78. The van der Waals surface area contributed by atoms with Gasteiger partial charge in [-0.05, 0) is 26.2 Å². The molecule has 1 heterocycles. The van der Waals surface area contributed by atoms with Crippen LogP contribution in [0.2, 0.25) is 0 Å². The average molecular weight is 212 g/mol. The minimum absolute atomic E-state index is 0.0125. The van der Waals surface area contributed by atoms with Crippen molar-refractivity contribution < 1.29 is 14.3 Å². The summed E-state index contributed by atoms with van der Waals surface area (Å²) >= 11 is 0. The van der Waals surface area contributed by atoms with Crippen LogP contribution in [0.4, 0.5) is 0 Å². The fourth-order valence-electron chi connectivity index (χ4n) is 2.27. The van der Waals surface area contributed by atoms with E-state index >= 15 is 0 Å². The highest BCUT2D eigenvalue weighted by Crippen LogP contribution is 2.48. The molecule has 0 aromatic rings. The number of carbonyl (C=O) groups excluding carboxylic acids is 1. The second-order valence-corrected chi connectivity index (χ2v) is 5.07. The Bertz CT molecular complexity index is 264. The Balaban J connectivity index is 1.82. The predicted molar refractivity (Wildman–Crippen MR) is 56.5 cm³/mol. The SMILES string of the molecule is CCC(C)C(=O)OC1CCC2OC2(C)C1. The van der Waals surface area contributed by atoms with E-state index in [9.17, 15) is 4.79 Å². The van der Waals surface area contributed by atoms with Crippen molar-refractivity contribution in [3.05, 3.63) is 0 Å². The van der Waals surface area contributed by atoms with Crippen molar-refractivity contribution in [2.45, 2.75) is 64.3 Å². The van der Waals surface area contributed by atoms with Gasteiger partial charge in [0, 0.05) is 6.42 Å². The Morgan fingerprint density at radius 1 is 1.60 bits per heavy atom. The Hall–Kier alpha value is -0.570. The largest absolute Gasteiger partial charge is 0.462 e. The predicted octanol–water partition coefficient (Wildman–Crippen LogP) is 2.29. The minimum Gasteiger partial charge on any atom is -0.462 e. The van der Waals surface area contributed by atoms with Gasteiger partial charge in [0.1, 0.15) is 6.10 Å². The quantitative estimate of drug-likeness (QED) is 0.532. The van der Waals surface area contributed by atoms with Gasteiger partial charge in [0.05, 0.1) is 17.6 Å². The van der Waals surface area contributed by atoms with Gasteiger partial charge in [-0.1, -0.05) is 13.8 Å². The van der Waals surface area contributed by atoms with Gasteiger partial charge >= 0.3 is 5.97 Å². The third-order valence-corrected chi connectivity index (χ3v) is 3.72. The Morgan fingerprint density at radius 3 is 2.93 bits per heavy atom. The lowest BCUT2D eigenvalue weighted by Crippen LogP contribution is -2.31. The van der Waals surface area contributed by atoms with Crippen LogP contribution in [0.1, 0.15) is 46.5 Å². The fourth-order valence-corrected chi connectivity index (χ4v) is 2.27. The van der Waals surface area contributed by atoms with Gasteiger partial charge in [-0.15, -0.1) is 0 Å². The Kier molecular flexibility index (Phi) is 2.75. The van der Waals surface area contributed by atoms with Gasteiger partial charge in [0.2, 0.25) is 0 Å². The van der Waals surface area contributed by atoms with E-state index in [-0.39, 0.29) is 23.6 Å². The van der Waals surface area contributed by atoms with Gasteiger partial charge in [-0.3, -0.25) is 4.79 Å². The molecular weight excluding hydrogens is 192 g/mol. The van der Waals surface area contributed by atoms with Gasteiger partial charge < -0.3 is 9.47 Å². The van der Waals surface area contributed by atoms with Crippen LogP contribution in [0.5, 0.6) is 0 Å². The van der Waals surface area contributed by atoms with E-state index in [1.54, 1.807) is 0 Å². The van der Waals surface area contributed by atoms with Gasteiger partial charge in [0.15, 0.2) is 0 Å². The maximum absolute atomic E-state index is 11.6. The maximum atomic E-state index is 11.6. The molecule has 1 saturated heterocycles. The third kappa shape index (κ3) is 2.17. The summed E-state index contributed by atoms with van der Waals surface area (Å²) in [6.45, 7) is 6.04. The summed E-state index contributed by atoms with van der Waals surface area (Å²) in [5, 5.41) is 0. The molecule has 2 rings (SSSR count). The summed E-state index contributed by atoms with van der Waals surface area (Å²) in [5.41, 5.74) is 0.0125. The first kappa shape index (κ1) is 10.9. The van der Waals surface area contributed by atoms with E-state index in [1.165, 1.54) is 0 Å². The molecule has 3 heteroatoms. The molecule has 15 heavy (non-hydrogen) atoms. The molecule has 1 saturated carbocycles. The molecule has 1 aliphatic heterocycles. The normalized spacial score (nSPS) is 40.5. The molecule has 0 spiro atoms. The first-order valence-electron chi connectivity index (χ1n) is 5.93. The Morgan fingerprint density at radius 2 is 2.33 bits per heavy atom. The molecule has 4 atom stereocenters. The topological polar surface area (TPSA) is 38.8 Å². The van der Waals surface area contributed by atoms with Crippen molar-refractivity contribution in [1.82, 2.24) is 0 Å². The molecular formula is C12H20O3. The lowest BCUT2D eigenvalue weighted by atomic mass is 9.88. The van der Waals surface area contributed by atoms with Gasteiger partial charge in [-0.25, -0.2) is 0 Å². The van der Waals surface area contributed by atoms with Crippen LogP contribution in [0, 0.1) is 5.92 Å². The standard InChI is InChI=1S/C12H20O3/c1-4-8(2)11(13)14-9-5-6-10-12(3,7-9)15-10/h8-10H,4-7H2,1-3H3. The first-order valence-corrected chi connectivity index (χ1v) is 5.93. The van der Waals surface area contributed by atoms with E-state index in [0.29, 0.717) is 6.10 Å². The van der Waals surface area contributed by atoms with Crippen LogP contribution in [-0.2, 0) is 14.3 Å². The lowest BCUT2D eigenvalue weighted by Gasteiger charge is -2.24. The van der Waals surface area contributed by atoms with Crippen LogP contribution in [0.3, 0.4) is 0 Å². The van der Waals surface area contributed by atoms with Crippen LogP contribution in [0.15, 0.2) is 0 Å². The smallest absolute Gasteiger partial charge is 0.308 e. The Labute approximate surface area is 91.1 Å². The number of hydrogen-bond donors (Lipinski definition) is 0. The second-order valence-electron chi connectivity index (χ2n) is 5.07. The third-order valence-electron chi connectivity index (χ3n) is 3.72. The molecule has 0 aromatic carbocycles. The van der Waals surface area contributed by atoms with Crippen molar-refractivity contribution in [3.63, 3.8) is 0 Å². The lowest BCUT2D eigenvalue weighted by molar-refractivity contribution is -0.155. The molecule has 3 nitrogen and oxygen atoms in total. The van der Waals surface area contributed by atoms with Crippen LogP contribution in [0.25, 0.3) is 0 Å². The zero-order valence-corrected chi connectivity index (χ0v) is 9.79. The molecule has 0 radical (unpaired) electrons. The number of ether oxygens (including phenoxy) is 2. The summed E-state index contributed by atoms with van der Waals surface area (Å²) in [6.07, 6.45) is 4.23. The van der Waals surface area contributed by atoms with Crippen molar-refractivity contribution >= 4 is 5.97 Å². The minimum atomic E-state index is -0.0507. The number of fused-ring (bicyclic) bond motifs is 1. The molecule has 2 aliphatic rings. The molecule has 0 N–H and O–H groups in total. The summed E-state index contributed by atoms with van der Waals surface area (Å²) in [7, 11) is 0. The van der Waals surface area contributed by atoms with Crippen molar-refractivity contribution in [1.29, 1.82) is 0 Å². The summed E-state index contributed by atoms with van der Waals surface area (Å²) in [5.74, 6) is -0.0270. The highest BCUT2D eigenvalue weighted by molar-refractivity contribution is 5.72. The van der Waals surface area contributed by atoms with E-state index in [1.807, 2.05) is 13.8 Å². The number of carbonyl (C=O) groups is 1. The average Bonchev–Trinajstić information content (AvgIpc) is 2.87. The van der Waals surface area contributed by atoms with E-state index in [4.69, 9.17) is 9.47 Å².